The fourth-order valence-corrected chi connectivity index (χ4v) is 3.39. The van der Waals surface area contributed by atoms with E-state index in [2.05, 4.69) is 49.8 Å². The Morgan fingerprint density at radius 3 is 2.48 bits per heavy atom. The third kappa shape index (κ3) is 5.16. The number of carbonyl (C=O) groups excluding carboxylic acids is 1. The van der Waals surface area contributed by atoms with Crippen molar-refractivity contribution in [2.45, 2.75) is 46.1 Å². The van der Waals surface area contributed by atoms with Crippen LogP contribution in [0.15, 0.2) is 41.2 Å². The van der Waals surface area contributed by atoms with Crippen LogP contribution < -0.4 is 25.6 Å². The molecule has 4 rings (SSSR count). The smallest absolute Gasteiger partial charge is 0.324 e. The third-order valence-electron chi connectivity index (χ3n) is 5.16. The summed E-state index contributed by atoms with van der Waals surface area (Å²) in [5.74, 6) is 3.08. The number of benzene rings is 1. The van der Waals surface area contributed by atoms with Gasteiger partial charge in [-0.15, -0.1) is 0 Å². The van der Waals surface area contributed by atoms with Crippen LogP contribution in [0, 0.1) is 0 Å². The standard InChI is InChI=1S/C23H29N7O3/c1-14(2)30-10-11-32-19-20(24-13-25-21(19)30)26-15-6-8-16(9-7-15)27-22(31)28-18-12-17(33-29-18)23(3,4)5/h6-9,12-14H,10-11H2,1-5H3,(H,24,25,26)(H2,27,28,29,31). The maximum atomic E-state index is 12.3. The minimum Gasteiger partial charge on any atom is -0.485 e. The molecule has 0 fully saturated rings. The van der Waals surface area contributed by atoms with Crippen molar-refractivity contribution in [2.24, 2.45) is 0 Å². The molecule has 0 saturated carbocycles. The summed E-state index contributed by atoms with van der Waals surface area (Å²) in [4.78, 5) is 23.2. The molecule has 0 bridgehead atoms. The van der Waals surface area contributed by atoms with Crippen molar-refractivity contribution in [3.05, 3.63) is 42.4 Å². The number of nitrogens with zero attached hydrogens (tertiary/aromatic N) is 4. The molecule has 0 radical (unpaired) electrons. The Morgan fingerprint density at radius 2 is 1.82 bits per heavy atom. The third-order valence-corrected chi connectivity index (χ3v) is 5.16. The predicted octanol–water partition coefficient (Wildman–Crippen LogP) is 4.76. The summed E-state index contributed by atoms with van der Waals surface area (Å²) in [7, 11) is 0. The van der Waals surface area contributed by atoms with Gasteiger partial charge in [-0.1, -0.05) is 25.9 Å². The first-order chi connectivity index (χ1) is 15.7. The van der Waals surface area contributed by atoms with Crippen molar-refractivity contribution in [3.63, 3.8) is 0 Å². The van der Waals surface area contributed by atoms with Crippen LogP contribution in [-0.4, -0.2) is 40.3 Å². The fraction of sp³-hybridized carbons (Fsp3) is 0.391. The second-order valence-corrected chi connectivity index (χ2v) is 9.12. The van der Waals surface area contributed by atoms with Gasteiger partial charge in [0.2, 0.25) is 5.75 Å². The zero-order chi connectivity index (χ0) is 23.6. The Hall–Kier alpha value is -3.82. The molecule has 0 spiro atoms. The van der Waals surface area contributed by atoms with Gasteiger partial charge in [0.15, 0.2) is 17.5 Å². The molecule has 3 N–H and O–H groups in total. The van der Waals surface area contributed by atoms with Gasteiger partial charge >= 0.3 is 6.03 Å². The molecule has 33 heavy (non-hydrogen) atoms. The summed E-state index contributed by atoms with van der Waals surface area (Å²) < 4.78 is 11.1. The molecule has 1 aliphatic heterocycles. The molecule has 2 aromatic heterocycles. The number of urea groups is 1. The van der Waals surface area contributed by atoms with Crippen LogP contribution in [0.5, 0.6) is 5.75 Å². The summed E-state index contributed by atoms with van der Waals surface area (Å²) in [5, 5.41) is 12.6. The van der Waals surface area contributed by atoms with E-state index in [4.69, 9.17) is 9.26 Å². The van der Waals surface area contributed by atoms with E-state index in [1.807, 2.05) is 32.9 Å². The Balaban J connectivity index is 1.40. The zero-order valence-corrected chi connectivity index (χ0v) is 19.5. The first-order valence-corrected chi connectivity index (χ1v) is 10.9. The van der Waals surface area contributed by atoms with Crippen molar-refractivity contribution in [2.75, 3.05) is 34.0 Å². The minimum atomic E-state index is -0.406. The van der Waals surface area contributed by atoms with Gasteiger partial charge in [-0.05, 0) is 38.1 Å². The number of carbonyl (C=O) groups is 1. The molecular weight excluding hydrogens is 422 g/mol. The van der Waals surface area contributed by atoms with Crippen LogP contribution in [0.3, 0.4) is 0 Å². The summed E-state index contributed by atoms with van der Waals surface area (Å²) in [6.45, 7) is 11.6. The quantitative estimate of drug-likeness (QED) is 0.508. The highest BCUT2D eigenvalue weighted by atomic mass is 16.5. The van der Waals surface area contributed by atoms with E-state index >= 15 is 0 Å². The molecule has 0 aliphatic carbocycles. The van der Waals surface area contributed by atoms with Gasteiger partial charge in [0.1, 0.15) is 18.7 Å². The Morgan fingerprint density at radius 1 is 1.09 bits per heavy atom. The maximum absolute atomic E-state index is 12.3. The normalized spacial score (nSPS) is 13.3. The number of aromatic nitrogens is 3. The van der Waals surface area contributed by atoms with Crippen molar-refractivity contribution < 1.29 is 14.1 Å². The zero-order valence-electron chi connectivity index (χ0n) is 19.5. The molecule has 1 aromatic carbocycles. The molecule has 174 valence electrons. The molecular formula is C23H29N7O3. The van der Waals surface area contributed by atoms with Gasteiger partial charge in [0.05, 0.1) is 6.54 Å². The lowest BCUT2D eigenvalue weighted by Crippen LogP contribution is -2.38. The van der Waals surface area contributed by atoms with Gasteiger partial charge in [-0.25, -0.2) is 14.8 Å². The number of nitrogens with one attached hydrogen (secondary N) is 3. The fourth-order valence-electron chi connectivity index (χ4n) is 3.39. The average molecular weight is 452 g/mol. The SMILES string of the molecule is CC(C)N1CCOc2c(Nc3ccc(NC(=O)Nc4cc(C(C)(C)C)on4)cc3)ncnc21. The molecule has 0 atom stereocenters. The van der Waals surface area contributed by atoms with Crippen molar-refractivity contribution in [3.8, 4) is 5.75 Å². The van der Waals surface area contributed by atoms with E-state index in [0.29, 0.717) is 41.5 Å². The number of hydrogen-bond acceptors (Lipinski definition) is 8. The number of fused-ring (bicyclic) bond motifs is 1. The summed E-state index contributed by atoms with van der Waals surface area (Å²) in [6.07, 6.45) is 1.53. The number of anilines is 5. The van der Waals surface area contributed by atoms with E-state index < -0.39 is 6.03 Å². The predicted molar refractivity (Wildman–Crippen MR) is 128 cm³/mol. The van der Waals surface area contributed by atoms with Crippen molar-refractivity contribution >= 4 is 34.9 Å². The van der Waals surface area contributed by atoms with Crippen LogP contribution >= 0.6 is 0 Å². The highest BCUT2D eigenvalue weighted by Gasteiger charge is 2.25. The van der Waals surface area contributed by atoms with E-state index in [1.54, 1.807) is 18.2 Å². The minimum absolute atomic E-state index is 0.187. The molecule has 10 nitrogen and oxygen atoms in total. The largest absolute Gasteiger partial charge is 0.485 e. The second-order valence-electron chi connectivity index (χ2n) is 9.12. The first kappa shape index (κ1) is 22.4. The number of rotatable bonds is 5. The van der Waals surface area contributed by atoms with Gasteiger partial charge in [-0.3, -0.25) is 5.32 Å². The lowest BCUT2D eigenvalue weighted by Gasteiger charge is -2.33. The van der Waals surface area contributed by atoms with Crippen LogP contribution in [0.25, 0.3) is 0 Å². The molecule has 3 aromatic rings. The maximum Gasteiger partial charge on any atom is 0.324 e. The summed E-state index contributed by atoms with van der Waals surface area (Å²) in [5.41, 5.74) is 1.25. The molecule has 0 saturated heterocycles. The lowest BCUT2D eigenvalue weighted by molar-refractivity contribution is 0.262. The topological polar surface area (TPSA) is 117 Å². The molecule has 1 aliphatic rings. The summed E-state index contributed by atoms with van der Waals surface area (Å²) >= 11 is 0. The Labute approximate surface area is 192 Å². The molecule has 10 heteroatoms. The number of ether oxygens (including phenoxy) is 1. The highest BCUT2D eigenvalue weighted by Crippen LogP contribution is 2.37. The van der Waals surface area contributed by atoms with E-state index in [9.17, 15) is 4.79 Å². The molecule has 2 amide bonds. The monoisotopic (exact) mass is 451 g/mol. The summed E-state index contributed by atoms with van der Waals surface area (Å²) in [6, 6.07) is 8.90. The van der Waals surface area contributed by atoms with E-state index in [-0.39, 0.29) is 5.41 Å². The Bertz CT molecular complexity index is 1120. The van der Waals surface area contributed by atoms with Crippen LogP contribution in [-0.2, 0) is 5.41 Å². The van der Waals surface area contributed by atoms with Crippen molar-refractivity contribution in [1.82, 2.24) is 15.1 Å². The van der Waals surface area contributed by atoms with E-state index in [1.165, 1.54) is 6.33 Å². The Kier molecular flexibility index (Phi) is 6.08. The van der Waals surface area contributed by atoms with Crippen LogP contribution in [0.2, 0.25) is 0 Å². The van der Waals surface area contributed by atoms with Gasteiger partial charge in [0.25, 0.3) is 0 Å². The second kappa shape index (κ2) is 8.97. The van der Waals surface area contributed by atoms with Gasteiger partial charge in [-0.2, -0.15) is 0 Å². The van der Waals surface area contributed by atoms with Crippen LogP contribution in [0.1, 0.15) is 40.4 Å². The highest BCUT2D eigenvalue weighted by molar-refractivity contribution is 5.99. The first-order valence-electron chi connectivity index (χ1n) is 10.9. The molecule has 0 unspecified atom stereocenters. The number of amides is 2. The van der Waals surface area contributed by atoms with Gasteiger partial charge in [0, 0.05) is 28.9 Å². The van der Waals surface area contributed by atoms with Crippen LogP contribution in [0.4, 0.5) is 33.6 Å². The van der Waals surface area contributed by atoms with Gasteiger partial charge < -0.3 is 24.8 Å². The van der Waals surface area contributed by atoms with E-state index in [0.717, 1.165) is 18.1 Å². The molecule has 3 heterocycles. The lowest BCUT2D eigenvalue weighted by atomic mass is 9.93. The average Bonchev–Trinajstić information content (AvgIpc) is 3.24. The van der Waals surface area contributed by atoms with Crippen molar-refractivity contribution in [1.29, 1.82) is 0 Å². The number of hydrogen-bond donors (Lipinski definition) is 3.